The molecule has 0 radical (unpaired) electrons. The summed E-state index contributed by atoms with van der Waals surface area (Å²) in [4.78, 5) is 26.3. The first-order valence-corrected chi connectivity index (χ1v) is 13.7. The van der Waals surface area contributed by atoms with Gasteiger partial charge in [-0.15, -0.1) is 0 Å². The highest BCUT2D eigenvalue weighted by atomic mass is 16.5. The molecule has 2 aromatic carbocycles. The summed E-state index contributed by atoms with van der Waals surface area (Å²) in [6, 6.07) is 9.20. The smallest absolute Gasteiger partial charge is 0.253 e. The van der Waals surface area contributed by atoms with Crippen LogP contribution in [-0.2, 0) is 0 Å². The van der Waals surface area contributed by atoms with Crippen molar-refractivity contribution in [3.05, 3.63) is 41.5 Å². The van der Waals surface area contributed by atoms with Crippen molar-refractivity contribution in [3.8, 4) is 11.5 Å². The van der Waals surface area contributed by atoms with E-state index in [0.717, 1.165) is 49.1 Å². The van der Waals surface area contributed by atoms with Gasteiger partial charge < -0.3 is 40.5 Å². The molecule has 0 saturated carbocycles. The Labute approximate surface area is 234 Å². The zero-order valence-corrected chi connectivity index (χ0v) is 23.5. The Bertz CT molecular complexity index is 1310. The number of aromatic nitrogens is 2. The molecule has 0 spiro atoms. The molecule has 1 aliphatic rings. The number of nitrogen functional groups attached to an aromatic ring is 1. The Hall–Kier alpha value is -3.83. The summed E-state index contributed by atoms with van der Waals surface area (Å²) in [5, 5.41) is 23.0. The van der Waals surface area contributed by atoms with Gasteiger partial charge in [0.25, 0.3) is 5.91 Å². The van der Waals surface area contributed by atoms with Crippen LogP contribution in [0, 0.1) is 12.8 Å². The zero-order valence-electron chi connectivity index (χ0n) is 23.5. The van der Waals surface area contributed by atoms with Crippen molar-refractivity contribution in [1.29, 1.82) is 0 Å². The Morgan fingerprint density at radius 2 is 1.75 bits per heavy atom. The fourth-order valence-electron chi connectivity index (χ4n) is 5.15. The van der Waals surface area contributed by atoms with E-state index in [0.29, 0.717) is 59.8 Å². The molecule has 1 fully saturated rings. The molecule has 40 heavy (non-hydrogen) atoms. The molecule has 0 unspecified atom stereocenters. The summed E-state index contributed by atoms with van der Waals surface area (Å²) in [6.45, 7) is 4.57. The molecule has 4 rings (SSSR count). The number of piperidine rings is 1. The molecule has 0 bridgehead atoms. The maximum atomic E-state index is 12.6. The SMILES string of the molecule is COc1cc2nc(N(CCO)CCO)nc(N3CCC(CCNC(=O)c4cc(C)ccc4N)CC3)c2cc1OC. The van der Waals surface area contributed by atoms with E-state index in [4.69, 9.17) is 25.2 Å². The molecule has 3 aromatic rings. The quantitative estimate of drug-likeness (QED) is 0.247. The molecule has 1 amide bonds. The number of nitrogens with zero attached hydrogens (tertiary/aromatic N) is 4. The zero-order chi connectivity index (χ0) is 28.6. The van der Waals surface area contributed by atoms with Gasteiger partial charge in [0.15, 0.2) is 11.5 Å². The van der Waals surface area contributed by atoms with Gasteiger partial charge in [0, 0.05) is 49.9 Å². The van der Waals surface area contributed by atoms with Crippen molar-refractivity contribution in [2.75, 3.05) is 75.7 Å². The Morgan fingerprint density at radius 1 is 1.07 bits per heavy atom. The number of nitrogens with one attached hydrogen (secondary N) is 1. The number of rotatable bonds is 12. The van der Waals surface area contributed by atoms with Crippen molar-refractivity contribution in [2.24, 2.45) is 5.92 Å². The number of ether oxygens (including phenoxy) is 2. The molecule has 216 valence electrons. The maximum Gasteiger partial charge on any atom is 0.253 e. The second kappa shape index (κ2) is 13.5. The van der Waals surface area contributed by atoms with Crippen LogP contribution in [0.3, 0.4) is 0 Å². The molecule has 1 aliphatic heterocycles. The summed E-state index contributed by atoms with van der Waals surface area (Å²) >= 11 is 0. The fourth-order valence-corrected chi connectivity index (χ4v) is 5.15. The van der Waals surface area contributed by atoms with Crippen LogP contribution in [0.5, 0.6) is 11.5 Å². The molecule has 5 N–H and O–H groups in total. The molecule has 11 heteroatoms. The van der Waals surface area contributed by atoms with Crippen molar-refractivity contribution < 1.29 is 24.5 Å². The van der Waals surface area contributed by atoms with Gasteiger partial charge in [0.1, 0.15) is 5.82 Å². The summed E-state index contributed by atoms with van der Waals surface area (Å²) in [6.07, 6.45) is 2.79. The van der Waals surface area contributed by atoms with Crippen LogP contribution in [0.15, 0.2) is 30.3 Å². The largest absolute Gasteiger partial charge is 0.493 e. The second-order valence-electron chi connectivity index (χ2n) is 10.1. The molecular formula is C29H40N6O5. The number of aryl methyl sites for hydroxylation is 1. The predicted octanol–water partition coefficient (Wildman–Crippen LogP) is 2.37. The summed E-state index contributed by atoms with van der Waals surface area (Å²) in [7, 11) is 3.18. The lowest BCUT2D eigenvalue weighted by molar-refractivity contribution is 0.0951. The van der Waals surface area contributed by atoms with Crippen LogP contribution in [-0.4, -0.2) is 86.2 Å². The first-order valence-electron chi connectivity index (χ1n) is 13.7. The van der Waals surface area contributed by atoms with Crippen molar-refractivity contribution in [2.45, 2.75) is 26.2 Å². The minimum absolute atomic E-state index is 0.0823. The van der Waals surface area contributed by atoms with E-state index in [1.54, 1.807) is 25.2 Å². The normalized spacial score (nSPS) is 13.9. The van der Waals surface area contributed by atoms with Crippen LogP contribution in [0.2, 0.25) is 0 Å². The molecule has 2 heterocycles. The number of aliphatic hydroxyl groups excluding tert-OH is 2. The number of carbonyl (C=O) groups excluding carboxylic acids is 1. The van der Waals surface area contributed by atoms with Gasteiger partial charge in [-0.3, -0.25) is 4.79 Å². The number of aliphatic hydroxyl groups is 2. The van der Waals surface area contributed by atoms with E-state index in [1.807, 2.05) is 31.2 Å². The molecular weight excluding hydrogens is 512 g/mol. The average Bonchev–Trinajstić information content (AvgIpc) is 2.97. The predicted molar refractivity (Wildman–Crippen MR) is 157 cm³/mol. The third-order valence-electron chi connectivity index (χ3n) is 7.40. The highest BCUT2D eigenvalue weighted by Crippen LogP contribution is 2.37. The number of nitrogens with two attached hydrogens (primary N) is 1. The van der Waals surface area contributed by atoms with Crippen LogP contribution < -0.4 is 30.3 Å². The summed E-state index contributed by atoms with van der Waals surface area (Å²) in [5.41, 5.74) is 8.69. The lowest BCUT2D eigenvalue weighted by Crippen LogP contribution is -2.37. The van der Waals surface area contributed by atoms with E-state index in [-0.39, 0.29) is 19.1 Å². The van der Waals surface area contributed by atoms with Crippen molar-refractivity contribution in [3.63, 3.8) is 0 Å². The monoisotopic (exact) mass is 552 g/mol. The third kappa shape index (κ3) is 6.65. The van der Waals surface area contributed by atoms with E-state index in [2.05, 4.69) is 10.2 Å². The van der Waals surface area contributed by atoms with Gasteiger partial charge in [-0.2, -0.15) is 4.98 Å². The average molecular weight is 553 g/mol. The van der Waals surface area contributed by atoms with E-state index in [1.165, 1.54) is 0 Å². The topological polar surface area (TPSA) is 146 Å². The molecule has 0 aliphatic carbocycles. The highest BCUT2D eigenvalue weighted by Gasteiger charge is 2.25. The van der Waals surface area contributed by atoms with E-state index in [9.17, 15) is 15.0 Å². The Kier molecular flexibility index (Phi) is 9.84. The minimum atomic E-state index is -0.140. The first-order chi connectivity index (χ1) is 19.4. The minimum Gasteiger partial charge on any atom is -0.493 e. The Morgan fingerprint density at radius 3 is 2.40 bits per heavy atom. The third-order valence-corrected chi connectivity index (χ3v) is 7.40. The lowest BCUT2D eigenvalue weighted by Gasteiger charge is -2.34. The van der Waals surface area contributed by atoms with Crippen LogP contribution in [0.25, 0.3) is 10.9 Å². The van der Waals surface area contributed by atoms with E-state index < -0.39 is 0 Å². The molecule has 1 aromatic heterocycles. The second-order valence-corrected chi connectivity index (χ2v) is 10.1. The highest BCUT2D eigenvalue weighted by molar-refractivity contribution is 5.99. The number of methoxy groups -OCH3 is 2. The number of hydrogen-bond donors (Lipinski definition) is 4. The van der Waals surface area contributed by atoms with Crippen molar-refractivity contribution >= 4 is 34.3 Å². The van der Waals surface area contributed by atoms with E-state index >= 15 is 0 Å². The molecule has 0 atom stereocenters. The van der Waals surface area contributed by atoms with Crippen LogP contribution >= 0.6 is 0 Å². The molecule has 1 saturated heterocycles. The first kappa shape index (κ1) is 29.2. The number of amides is 1. The number of hydrogen-bond acceptors (Lipinski definition) is 10. The Balaban J connectivity index is 1.49. The lowest BCUT2D eigenvalue weighted by atomic mass is 9.93. The van der Waals surface area contributed by atoms with Crippen LogP contribution in [0.4, 0.5) is 17.5 Å². The number of benzene rings is 2. The van der Waals surface area contributed by atoms with Gasteiger partial charge in [-0.1, -0.05) is 11.6 Å². The number of carbonyl (C=O) groups is 1. The summed E-state index contributed by atoms with van der Waals surface area (Å²) < 4.78 is 11.1. The van der Waals surface area contributed by atoms with Crippen LogP contribution in [0.1, 0.15) is 35.2 Å². The van der Waals surface area contributed by atoms with Crippen molar-refractivity contribution in [1.82, 2.24) is 15.3 Å². The maximum absolute atomic E-state index is 12.6. The standard InChI is InChI=1S/C29H40N6O5/c1-19-4-5-23(30)21(16-19)28(38)31-9-6-20-7-10-34(11-8-20)27-22-17-25(39-2)26(40-3)18-24(22)32-29(33-27)35(12-14-36)13-15-37/h4-5,16-18,20,36-37H,6-15,30H2,1-3H3,(H,31,38). The van der Waals surface area contributed by atoms with Gasteiger partial charge in [-0.05, 0) is 50.3 Å². The van der Waals surface area contributed by atoms with Gasteiger partial charge >= 0.3 is 0 Å². The fraction of sp³-hybridized carbons (Fsp3) is 0.483. The number of anilines is 3. The van der Waals surface area contributed by atoms with Gasteiger partial charge in [0.2, 0.25) is 5.95 Å². The summed E-state index contributed by atoms with van der Waals surface area (Å²) in [5.74, 6) is 2.71. The van der Waals surface area contributed by atoms with Gasteiger partial charge in [0.05, 0.1) is 38.5 Å². The number of fused-ring (bicyclic) bond motifs is 1. The van der Waals surface area contributed by atoms with Gasteiger partial charge in [-0.25, -0.2) is 4.98 Å². The molecule has 11 nitrogen and oxygen atoms in total.